The van der Waals surface area contributed by atoms with Crippen LogP contribution in [0.15, 0.2) is 41.0 Å². The van der Waals surface area contributed by atoms with Crippen molar-refractivity contribution in [2.45, 2.75) is 25.9 Å². The lowest BCUT2D eigenvalue weighted by Crippen LogP contribution is -2.34. The van der Waals surface area contributed by atoms with Gasteiger partial charge < -0.3 is 9.32 Å². The monoisotopic (exact) mass is 348 g/mol. The van der Waals surface area contributed by atoms with Gasteiger partial charge in [-0.15, -0.1) is 0 Å². The normalized spacial score (nSPS) is 17.0. The molecular formula is C17H20N2O4S. The highest BCUT2D eigenvalue weighted by Crippen LogP contribution is 2.34. The Kier molecular flexibility index (Phi) is 4.13. The van der Waals surface area contributed by atoms with Crippen molar-refractivity contribution in [1.82, 2.24) is 4.90 Å². The van der Waals surface area contributed by atoms with Crippen molar-refractivity contribution in [2.24, 2.45) is 0 Å². The number of hydrogen-bond donors (Lipinski definition) is 0. The maximum Gasteiger partial charge on any atom is 0.254 e. The molecule has 0 aliphatic carbocycles. The van der Waals surface area contributed by atoms with E-state index in [1.807, 2.05) is 13.0 Å². The molecule has 24 heavy (non-hydrogen) atoms. The van der Waals surface area contributed by atoms with Crippen molar-refractivity contribution >= 4 is 21.6 Å². The van der Waals surface area contributed by atoms with E-state index in [1.165, 1.54) is 10.6 Å². The van der Waals surface area contributed by atoms with Gasteiger partial charge in [-0.3, -0.25) is 9.10 Å². The zero-order chi connectivity index (χ0) is 17.5. The second-order valence-corrected chi connectivity index (χ2v) is 8.06. The maximum atomic E-state index is 12.6. The largest absolute Gasteiger partial charge is 0.467 e. The summed E-state index contributed by atoms with van der Waals surface area (Å²) in [5, 5.41) is 0. The average Bonchev–Trinajstić information content (AvgIpc) is 3.10. The number of carbonyl (C=O) groups excluding carboxylic acids is 1. The van der Waals surface area contributed by atoms with Crippen molar-refractivity contribution in [3.63, 3.8) is 0 Å². The Morgan fingerprint density at radius 1 is 1.38 bits per heavy atom. The van der Waals surface area contributed by atoms with Gasteiger partial charge in [-0.05, 0) is 49.2 Å². The molecule has 1 amide bonds. The van der Waals surface area contributed by atoms with Crippen LogP contribution in [0.1, 0.15) is 28.6 Å². The number of fused-ring (bicyclic) bond motifs is 1. The average molecular weight is 348 g/mol. The molecule has 0 fully saturated rings. The summed E-state index contributed by atoms with van der Waals surface area (Å²) >= 11 is 0. The molecule has 0 radical (unpaired) electrons. The lowest BCUT2D eigenvalue weighted by atomic mass is 10.1. The predicted octanol–water partition coefficient (Wildman–Crippen LogP) is 2.26. The van der Waals surface area contributed by atoms with Crippen molar-refractivity contribution in [3.05, 3.63) is 53.5 Å². The molecule has 1 atom stereocenters. The molecule has 0 bridgehead atoms. The first-order valence-corrected chi connectivity index (χ1v) is 9.52. The number of benzene rings is 1. The number of nitrogens with zero attached hydrogens (tertiary/aromatic N) is 2. The minimum atomic E-state index is -3.32. The van der Waals surface area contributed by atoms with Gasteiger partial charge in [-0.1, -0.05) is 0 Å². The third kappa shape index (κ3) is 3.03. The van der Waals surface area contributed by atoms with E-state index in [0.717, 1.165) is 5.56 Å². The molecule has 128 valence electrons. The third-order valence-electron chi connectivity index (χ3n) is 4.16. The molecule has 0 unspecified atom stereocenters. The molecule has 7 heteroatoms. The van der Waals surface area contributed by atoms with Gasteiger partial charge in [-0.2, -0.15) is 0 Å². The minimum absolute atomic E-state index is 0.125. The Bertz CT molecular complexity index is 859. The van der Waals surface area contributed by atoms with Crippen LogP contribution < -0.4 is 4.31 Å². The number of furan rings is 1. The fourth-order valence-corrected chi connectivity index (χ4v) is 4.43. The SMILES string of the molecule is C[C@@H]1Cc2cc(C(=O)N(C)Cc3ccco3)ccc2N1S(C)(=O)=O. The summed E-state index contributed by atoms with van der Waals surface area (Å²) in [6.45, 7) is 2.25. The minimum Gasteiger partial charge on any atom is -0.467 e. The summed E-state index contributed by atoms with van der Waals surface area (Å²) in [5.41, 5.74) is 2.09. The summed E-state index contributed by atoms with van der Waals surface area (Å²) in [6, 6.07) is 8.64. The quantitative estimate of drug-likeness (QED) is 0.850. The van der Waals surface area contributed by atoms with E-state index >= 15 is 0 Å². The van der Waals surface area contributed by atoms with Crippen molar-refractivity contribution in [2.75, 3.05) is 17.6 Å². The topological polar surface area (TPSA) is 70.8 Å². The second kappa shape index (κ2) is 5.98. The molecular weight excluding hydrogens is 328 g/mol. The summed E-state index contributed by atoms with van der Waals surface area (Å²) in [6.07, 6.45) is 3.38. The van der Waals surface area contributed by atoms with E-state index in [2.05, 4.69) is 0 Å². The highest BCUT2D eigenvalue weighted by molar-refractivity contribution is 7.92. The van der Waals surface area contributed by atoms with Crippen LogP contribution >= 0.6 is 0 Å². The van der Waals surface area contributed by atoms with Gasteiger partial charge in [0.2, 0.25) is 10.0 Å². The summed E-state index contributed by atoms with van der Waals surface area (Å²) in [7, 11) is -1.61. The lowest BCUT2D eigenvalue weighted by molar-refractivity contribution is 0.0775. The van der Waals surface area contributed by atoms with Crippen LogP contribution in [0, 0.1) is 0 Å². The molecule has 6 nitrogen and oxygen atoms in total. The summed E-state index contributed by atoms with van der Waals surface area (Å²) < 4.78 is 30.6. The molecule has 1 aliphatic rings. The van der Waals surface area contributed by atoms with Crippen molar-refractivity contribution in [1.29, 1.82) is 0 Å². The highest BCUT2D eigenvalue weighted by atomic mass is 32.2. The maximum absolute atomic E-state index is 12.6. The molecule has 1 aromatic carbocycles. The Morgan fingerprint density at radius 2 is 2.12 bits per heavy atom. The van der Waals surface area contributed by atoms with Gasteiger partial charge in [0, 0.05) is 18.7 Å². The van der Waals surface area contributed by atoms with Gasteiger partial charge in [0.1, 0.15) is 5.76 Å². The zero-order valence-corrected chi connectivity index (χ0v) is 14.7. The molecule has 2 heterocycles. The third-order valence-corrected chi connectivity index (χ3v) is 5.43. The lowest BCUT2D eigenvalue weighted by Gasteiger charge is -2.22. The molecule has 0 N–H and O–H groups in total. The first-order chi connectivity index (χ1) is 11.3. The van der Waals surface area contributed by atoms with E-state index in [9.17, 15) is 13.2 Å². The van der Waals surface area contributed by atoms with Crippen molar-refractivity contribution in [3.8, 4) is 0 Å². The van der Waals surface area contributed by atoms with E-state index in [1.54, 1.807) is 42.5 Å². The second-order valence-electron chi connectivity index (χ2n) is 6.20. The Labute approximate surface area is 141 Å². The van der Waals surface area contributed by atoms with Crippen molar-refractivity contribution < 1.29 is 17.6 Å². The van der Waals surface area contributed by atoms with Gasteiger partial charge in [-0.25, -0.2) is 8.42 Å². The Morgan fingerprint density at radius 3 is 2.75 bits per heavy atom. The highest BCUT2D eigenvalue weighted by Gasteiger charge is 2.33. The number of hydrogen-bond acceptors (Lipinski definition) is 4. The molecule has 3 rings (SSSR count). The molecule has 0 saturated heterocycles. The zero-order valence-electron chi connectivity index (χ0n) is 13.9. The first-order valence-electron chi connectivity index (χ1n) is 7.67. The van der Waals surface area contributed by atoms with Gasteiger partial charge in [0.25, 0.3) is 5.91 Å². The van der Waals surface area contributed by atoms with Crippen LogP contribution in [-0.2, 0) is 23.0 Å². The smallest absolute Gasteiger partial charge is 0.254 e. The van der Waals surface area contributed by atoms with Gasteiger partial charge >= 0.3 is 0 Å². The van der Waals surface area contributed by atoms with Gasteiger partial charge in [0.05, 0.1) is 24.8 Å². The number of sulfonamides is 1. The fourth-order valence-electron chi connectivity index (χ4n) is 3.17. The number of carbonyl (C=O) groups is 1. The van der Waals surface area contributed by atoms with Crippen LogP contribution in [0.4, 0.5) is 5.69 Å². The number of anilines is 1. The van der Waals surface area contributed by atoms with Crippen LogP contribution in [0.25, 0.3) is 0 Å². The van der Waals surface area contributed by atoms with E-state index in [0.29, 0.717) is 30.0 Å². The number of amides is 1. The molecule has 0 saturated carbocycles. The summed E-state index contributed by atoms with van der Waals surface area (Å²) in [5.74, 6) is 0.587. The first kappa shape index (κ1) is 16.6. The van der Waals surface area contributed by atoms with E-state index < -0.39 is 10.0 Å². The number of rotatable bonds is 4. The van der Waals surface area contributed by atoms with Crippen LogP contribution in [0.3, 0.4) is 0 Å². The Hall–Kier alpha value is -2.28. The standard InChI is InChI=1S/C17H20N2O4S/c1-12-9-14-10-13(6-7-16(14)19(12)24(3,21)22)17(20)18(2)11-15-5-4-8-23-15/h4-8,10,12H,9,11H2,1-3H3/t12-/m1/s1. The fraction of sp³-hybridized carbons (Fsp3) is 0.353. The van der Waals surface area contributed by atoms with Crippen LogP contribution in [0.5, 0.6) is 0 Å². The molecule has 1 aliphatic heterocycles. The van der Waals surface area contributed by atoms with Crippen LogP contribution in [-0.4, -0.2) is 38.6 Å². The van der Waals surface area contributed by atoms with Crippen LogP contribution in [0.2, 0.25) is 0 Å². The molecule has 2 aromatic rings. The molecule has 1 aromatic heterocycles. The Balaban J connectivity index is 1.84. The molecule has 0 spiro atoms. The van der Waals surface area contributed by atoms with E-state index in [4.69, 9.17) is 4.42 Å². The predicted molar refractivity (Wildman–Crippen MR) is 91.4 cm³/mol. The van der Waals surface area contributed by atoms with Gasteiger partial charge in [0.15, 0.2) is 0 Å². The van der Waals surface area contributed by atoms with E-state index in [-0.39, 0.29) is 11.9 Å². The summed E-state index contributed by atoms with van der Waals surface area (Å²) in [4.78, 5) is 14.2.